The minimum absolute atomic E-state index is 0.0263. The van der Waals surface area contributed by atoms with Crippen LogP contribution in [0.15, 0.2) is 84.0 Å². The van der Waals surface area contributed by atoms with Gasteiger partial charge in [-0.15, -0.1) is 0 Å². The topological polar surface area (TPSA) is 53.9 Å². The number of rotatable bonds is 7. The lowest BCUT2D eigenvalue weighted by Crippen LogP contribution is -2.38. The first-order chi connectivity index (χ1) is 15.8. The van der Waals surface area contributed by atoms with Crippen molar-refractivity contribution in [3.63, 3.8) is 0 Å². The van der Waals surface area contributed by atoms with E-state index in [1.165, 1.54) is 24.3 Å². The van der Waals surface area contributed by atoms with Crippen LogP contribution in [0.4, 0.5) is 14.5 Å². The lowest BCUT2D eigenvalue weighted by molar-refractivity contribution is -0.117. The van der Waals surface area contributed by atoms with Crippen molar-refractivity contribution in [3.8, 4) is 5.75 Å². The van der Waals surface area contributed by atoms with Gasteiger partial charge in [0.05, 0.1) is 17.7 Å². The van der Waals surface area contributed by atoms with E-state index in [1.54, 1.807) is 5.01 Å². The summed E-state index contributed by atoms with van der Waals surface area (Å²) in [5.41, 5.74) is 2.93. The van der Waals surface area contributed by atoms with Crippen LogP contribution in [0, 0.1) is 0 Å². The third-order valence-corrected chi connectivity index (χ3v) is 5.73. The maximum Gasteiger partial charge on any atom is 0.387 e. The van der Waals surface area contributed by atoms with Gasteiger partial charge in [-0.05, 0) is 54.4 Å². The van der Waals surface area contributed by atoms with Gasteiger partial charge in [-0.25, -0.2) is 0 Å². The van der Waals surface area contributed by atoms with Crippen molar-refractivity contribution in [3.05, 3.63) is 95.0 Å². The fourth-order valence-corrected chi connectivity index (χ4v) is 4.05. The molecule has 0 aromatic heterocycles. The summed E-state index contributed by atoms with van der Waals surface area (Å²) in [6, 6.07) is 23.3. The molecule has 0 radical (unpaired) electrons. The monoisotopic (exact) mass is 469 g/mol. The number of carbonyl (C=O) groups excluding carboxylic acids is 1. The van der Waals surface area contributed by atoms with E-state index in [-0.39, 0.29) is 18.2 Å². The van der Waals surface area contributed by atoms with Crippen molar-refractivity contribution in [1.29, 1.82) is 0 Å². The van der Waals surface area contributed by atoms with Crippen LogP contribution >= 0.6 is 11.6 Å². The first-order valence-corrected chi connectivity index (χ1v) is 10.7. The highest BCUT2D eigenvalue weighted by atomic mass is 35.5. The molecule has 1 aliphatic heterocycles. The lowest BCUT2D eigenvalue weighted by atomic mass is 9.76. The highest BCUT2D eigenvalue weighted by molar-refractivity contribution is 6.30. The van der Waals surface area contributed by atoms with Crippen LogP contribution in [0.3, 0.4) is 0 Å². The van der Waals surface area contributed by atoms with Gasteiger partial charge in [0, 0.05) is 10.7 Å². The van der Waals surface area contributed by atoms with Gasteiger partial charge < -0.3 is 10.1 Å². The number of alkyl halides is 2. The molecule has 5 nitrogen and oxygen atoms in total. The van der Waals surface area contributed by atoms with Gasteiger partial charge in [-0.1, -0.05) is 54.1 Å². The molecular formula is C25H22ClF2N3O2. The Bertz CT molecular complexity index is 1140. The first kappa shape index (κ1) is 22.7. The number of hydrogen-bond acceptors (Lipinski definition) is 4. The van der Waals surface area contributed by atoms with E-state index in [2.05, 4.69) is 29.1 Å². The van der Waals surface area contributed by atoms with Crippen LogP contribution in [0.25, 0.3) is 0 Å². The number of ether oxygens (including phenoxy) is 1. The number of anilines is 1. The minimum Gasteiger partial charge on any atom is -0.435 e. The van der Waals surface area contributed by atoms with Crippen LogP contribution in [0.2, 0.25) is 5.02 Å². The van der Waals surface area contributed by atoms with Gasteiger partial charge in [0.15, 0.2) is 0 Å². The van der Waals surface area contributed by atoms with Crippen molar-refractivity contribution in [1.82, 2.24) is 5.01 Å². The fraction of sp³-hybridized carbons (Fsp3) is 0.200. The third kappa shape index (κ3) is 5.31. The zero-order chi connectivity index (χ0) is 23.4. The van der Waals surface area contributed by atoms with Gasteiger partial charge in [0.2, 0.25) is 5.91 Å². The van der Waals surface area contributed by atoms with Gasteiger partial charge in [0.1, 0.15) is 12.3 Å². The molecule has 170 valence electrons. The Morgan fingerprint density at radius 1 is 1.09 bits per heavy atom. The molecule has 0 fully saturated rings. The Labute approximate surface area is 195 Å². The molecule has 0 saturated carbocycles. The number of hydrazone groups is 1. The van der Waals surface area contributed by atoms with E-state index < -0.39 is 12.0 Å². The summed E-state index contributed by atoms with van der Waals surface area (Å²) in [4.78, 5) is 12.7. The van der Waals surface area contributed by atoms with Crippen molar-refractivity contribution in [2.24, 2.45) is 5.10 Å². The van der Waals surface area contributed by atoms with Crippen molar-refractivity contribution in [2.45, 2.75) is 19.0 Å². The lowest BCUT2D eigenvalue weighted by Gasteiger charge is -2.27. The molecule has 8 heteroatoms. The second kappa shape index (κ2) is 9.58. The summed E-state index contributed by atoms with van der Waals surface area (Å²) in [6.45, 7) is -0.236. The van der Waals surface area contributed by atoms with Crippen molar-refractivity contribution in [2.75, 3.05) is 18.4 Å². The normalized spacial score (nSPS) is 17.7. The summed E-state index contributed by atoms with van der Waals surface area (Å²) >= 11 is 6.07. The van der Waals surface area contributed by atoms with Crippen LogP contribution in [-0.2, 0) is 10.2 Å². The molecule has 0 aliphatic carbocycles. The highest BCUT2D eigenvalue weighted by Gasteiger charge is 2.41. The van der Waals surface area contributed by atoms with E-state index in [1.807, 2.05) is 42.5 Å². The number of amides is 1. The van der Waals surface area contributed by atoms with E-state index in [4.69, 9.17) is 16.7 Å². The van der Waals surface area contributed by atoms with Crippen molar-refractivity contribution < 1.29 is 18.3 Å². The highest BCUT2D eigenvalue weighted by Crippen LogP contribution is 2.35. The molecule has 0 bridgehead atoms. The Kier molecular flexibility index (Phi) is 6.60. The standard InChI is InChI=1S/C25H22ClF2N3O2/c1-25(18-5-3-2-4-6-18)16-31(30-23(25)17-7-9-19(26)10-8-17)15-22(32)29-20-11-13-21(14-12-20)33-24(27)28/h2-14,24H,15-16H2,1H3,(H,29,32). The summed E-state index contributed by atoms with van der Waals surface area (Å²) in [5.74, 6) is -0.243. The Morgan fingerprint density at radius 2 is 1.76 bits per heavy atom. The SMILES string of the molecule is CC1(c2ccccc2)CN(CC(=O)Nc2ccc(OC(F)F)cc2)N=C1c1ccc(Cl)cc1. The van der Waals surface area contributed by atoms with Crippen LogP contribution in [0.1, 0.15) is 18.1 Å². The van der Waals surface area contributed by atoms with Gasteiger partial charge >= 0.3 is 6.61 Å². The van der Waals surface area contributed by atoms with E-state index in [0.717, 1.165) is 16.8 Å². The molecule has 4 rings (SSSR count). The van der Waals surface area contributed by atoms with Crippen LogP contribution < -0.4 is 10.1 Å². The summed E-state index contributed by atoms with van der Waals surface area (Å²) in [7, 11) is 0. The number of hydrogen-bond donors (Lipinski definition) is 1. The maximum absolute atomic E-state index is 12.7. The molecular weight excluding hydrogens is 448 g/mol. The zero-order valence-electron chi connectivity index (χ0n) is 17.8. The molecule has 1 atom stereocenters. The van der Waals surface area contributed by atoms with Crippen LogP contribution in [0.5, 0.6) is 5.75 Å². The predicted molar refractivity (Wildman–Crippen MR) is 125 cm³/mol. The molecule has 1 heterocycles. The molecule has 3 aromatic carbocycles. The second-order valence-electron chi connectivity index (χ2n) is 7.93. The maximum atomic E-state index is 12.7. The quantitative estimate of drug-likeness (QED) is 0.493. The number of benzene rings is 3. The van der Waals surface area contributed by atoms with Crippen LogP contribution in [-0.4, -0.2) is 36.3 Å². The molecule has 3 aromatic rings. The predicted octanol–water partition coefficient (Wildman–Crippen LogP) is 5.56. The molecule has 1 unspecified atom stereocenters. The molecule has 0 saturated heterocycles. The number of halogens is 3. The Hall–Kier alpha value is -3.45. The molecule has 1 amide bonds. The first-order valence-electron chi connectivity index (χ1n) is 10.3. The number of nitrogens with zero attached hydrogens (tertiary/aromatic N) is 2. The summed E-state index contributed by atoms with van der Waals surface area (Å²) in [6.07, 6.45) is 0. The zero-order valence-corrected chi connectivity index (χ0v) is 18.6. The second-order valence-corrected chi connectivity index (χ2v) is 8.36. The molecule has 1 N–H and O–H groups in total. The largest absolute Gasteiger partial charge is 0.435 e. The number of nitrogens with one attached hydrogen (secondary N) is 1. The summed E-state index contributed by atoms with van der Waals surface area (Å²) in [5, 5.41) is 9.93. The molecule has 0 spiro atoms. The summed E-state index contributed by atoms with van der Waals surface area (Å²) < 4.78 is 28.9. The Balaban J connectivity index is 1.52. The van der Waals surface area contributed by atoms with Gasteiger partial charge in [-0.3, -0.25) is 9.80 Å². The van der Waals surface area contributed by atoms with E-state index >= 15 is 0 Å². The molecule has 1 aliphatic rings. The average Bonchev–Trinajstić information content (AvgIpc) is 3.13. The third-order valence-electron chi connectivity index (χ3n) is 5.48. The van der Waals surface area contributed by atoms with Gasteiger partial charge in [-0.2, -0.15) is 13.9 Å². The average molecular weight is 470 g/mol. The van der Waals surface area contributed by atoms with Gasteiger partial charge in [0.25, 0.3) is 0 Å². The smallest absolute Gasteiger partial charge is 0.387 e. The van der Waals surface area contributed by atoms with Crippen molar-refractivity contribution >= 4 is 28.9 Å². The van der Waals surface area contributed by atoms with E-state index in [0.29, 0.717) is 17.3 Å². The van der Waals surface area contributed by atoms with E-state index in [9.17, 15) is 13.6 Å². The molecule has 33 heavy (non-hydrogen) atoms. The Morgan fingerprint density at radius 3 is 2.39 bits per heavy atom. The fourth-order valence-electron chi connectivity index (χ4n) is 3.92. The minimum atomic E-state index is -2.90. The number of carbonyl (C=O) groups is 1.